The van der Waals surface area contributed by atoms with Gasteiger partial charge in [0.25, 0.3) is 0 Å². The number of fused-ring (bicyclic) bond motifs is 6. The molecular formula is C48H33N3O. The van der Waals surface area contributed by atoms with Crippen molar-refractivity contribution in [1.82, 2.24) is 15.0 Å². The van der Waals surface area contributed by atoms with Gasteiger partial charge in [-0.3, -0.25) is 0 Å². The van der Waals surface area contributed by atoms with Gasteiger partial charge in [-0.15, -0.1) is 0 Å². The standard InChI is InChI=1S/C48H33N3O/c1-48(2)40-18-10-9-16-37(40)39-28-34(25-27-41(39)48)30-20-22-33(23-21-30)46-49-45(32-14-7-4-8-15-32)50-47(51-46)35-24-26-38-43(29-35)52-42-19-11-17-36(44(38)42)31-12-5-3-6-13-31/h3-29H,1-2H3. The van der Waals surface area contributed by atoms with E-state index in [1.54, 1.807) is 0 Å². The van der Waals surface area contributed by atoms with Crippen LogP contribution in [-0.4, -0.2) is 15.0 Å². The number of furan rings is 1. The number of hydrogen-bond acceptors (Lipinski definition) is 4. The van der Waals surface area contributed by atoms with Crippen molar-refractivity contribution < 1.29 is 4.42 Å². The fraction of sp³-hybridized carbons (Fsp3) is 0.0625. The highest BCUT2D eigenvalue weighted by molar-refractivity contribution is 6.13. The summed E-state index contributed by atoms with van der Waals surface area (Å²) >= 11 is 0. The van der Waals surface area contributed by atoms with Crippen LogP contribution < -0.4 is 0 Å². The summed E-state index contributed by atoms with van der Waals surface area (Å²) in [7, 11) is 0. The molecule has 52 heavy (non-hydrogen) atoms. The molecule has 0 aliphatic heterocycles. The molecular weight excluding hydrogens is 635 g/mol. The number of aromatic nitrogens is 3. The highest BCUT2D eigenvalue weighted by Crippen LogP contribution is 2.49. The Morgan fingerprint density at radius 1 is 0.385 bits per heavy atom. The monoisotopic (exact) mass is 667 g/mol. The Morgan fingerprint density at radius 2 is 0.942 bits per heavy atom. The summed E-state index contributed by atoms with van der Waals surface area (Å²) in [5.74, 6) is 1.84. The molecule has 0 atom stereocenters. The number of nitrogens with zero attached hydrogens (tertiary/aromatic N) is 3. The Balaban J connectivity index is 1.05. The summed E-state index contributed by atoms with van der Waals surface area (Å²) in [6.45, 7) is 4.63. The molecule has 0 unspecified atom stereocenters. The van der Waals surface area contributed by atoms with E-state index in [1.807, 2.05) is 54.6 Å². The van der Waals surface area contributed by atoms with Crippen LogP contribution in [0, 0.1) is 0 Å². The van der Waals surface area contributed by atoms with Crippen molar-refractivity contribution in [2.45, 2.75) is 19.3 Å². The van der Waals surface area contributed by atoms with Crippen LogP contribution in [0.1, 0.15) is 25.0 Å². The van der Waals surface area contributed by atoms with Crippen molar-refractivity contribution in [3.63, 3.8) is 0 Å². The van der Waals surface area contributed by atoms with Gasteiger partial charge in [0.2, 0.25) is 0 Å². The molecule has 7 aromatic carbocycles. The average molecular weight is 668 g/mol. The molecule has 1 aliphatic carbocycles. The maximum absolute atomic E-state index is 6.45. The first-order chi connectivity index (χ1) is 25.5. The molecule has 0 spiro atoms. The van der Waals surface area contributed by atoms with Gasteiger partial charge >= 0.3 is 0 Å². The van der Waals surface area contributed by atoms with Crippen LogP contribution in [0.15, 0.2) is 168 Å². The Kier molecular flexibility index (Phi) is 6.80. The maximum atomic E-state index is 6.45. The van der Waals surface area contributed by atoms with Crippen molar-refractivity contribution in [2.75, 3.05) is 0 Å². The van der Waals surface area contributed by atoms with Crippen LogP contribution in [0.25, 0.3) is 89.5 Å². The van der Waals surface area contributed by atoms with E-state index in [1.165, 1.54) is 27.8 Å². The Hall–Kier alpha value is -6.65. The third-order valence-electron chi connectivity index (χ3n) is 10.6. The summed E-state index contributed by atoms with van der Waals surface area (Å²) in [4.78, 5) is 15.0. The molecule has 4 nitrogen and oxygen atoms in total. The third-order valence-corrected chi connectivity index (χ3v) is 10.6. The first-order valence-electron chi connectivity index (χ1n) is 17.7. The van der Waals surface area contributed by atoms with Crippen LogP contribution in [0.3, 0.4) is 0 Å². The van der Waals surface area contributed by atoms with Crippen molar-refractivity contribution in [1.29, 1.82) is 0 Å². The highest BCUT2D eigenvalue weighted by Gasteiger charge is 2.35. The smallest absolute Gasteiger partial charge is 0.164 e. The van der Waals surface area contributed by atoms with Gasteiger partial charge in [-0.05, 0) is 68.8 Å². The number of benzene rings is 7. The Bertz CT molecular complexity index is 2800. The van der Waals surface area contributed by atoms with Gasteiger partial charge in [-0.1, -0.05) is 153 Å². The lowest BCUT2D eigenvalue weighted by Gasteiger charge is -2.21. The zero-order valence-electron chi connectivity index (χ0n) is 28.8. The Morgan fingerprint density at radius 3 is 1.69 bits per heavy atom. The summed E-state index contributed by atoms with van der Waals surface area (Å²) in [6, 6.07) is 57.2. The van der Waals surface area contributed by atoms with Crippen molar-refractivity contribution in [2.24, 2.45) is 0 Å². The predicted molar refractivity (Wildman–Crippen MR) is 212 cm³/mol. The molecule has 246 valence electrons. The molecule has 0 amide bonds. The van der Waals surface area contributed by atoms with Crippen LogP contribution in [-0.2, 0) is 5.41 Å². The van der Waals surface area contributed by atoms with E-state index < -0.39 is 0 Å². The van der Waals surface area contributed by atoms with E-state index >= 15 is 0 Å². The molecule has 0 radical (unpaired) electrons. The topological polar surface area (TPSA) is 51.8 Å². The lowest BCUT2D eigenvalue weighted by molar-refractivity contribution is 0.660. The second-order valence-corrected chi connectivity index (χ2v) is 14.0. The normalized spacial score (nSPS) is 13.0. The van der Waals surface area contributed by atoms with Gasteiger partial charge in [0, 0.05) is 32.9 Å². The second kappa shape index (κ2) is 11.7. The summed E-state index contributed by atoms with van der Waals surface area (Å²) in [5.41, 5.74) is 14.4. The fourth-order valence-electron chi connectivity index (χ4n) is 7.89. The summed E-state index contributed by atoms with van der Waals surface area (Å²) in [5, 5.41) is 2.16. The van der Waals surface area contributed by atoms with Gasteiger partial charge in [-0.25, -0.2) is 15.0 Å². The molecule has 2 aromatic heterocycles. The predicted octanol–water partition coefficient (Wildman–Crippen LogP) is 12.4. The van der Waals surface area contributed by atoms with Gasteiger partial charge in [0.1, 0.15) is 11.2 Å². The van der Waals surface area contributed by atoms with E-state index in [0.717, 1.165) is 55.3 Å². The third kappa shape index (κ3) is 4.87. The van der Waals surface area contributed by atoms with Crippen molar-refractivity contribution in [3.8, 4) is 67.5 Å². The zero-order chi connectivity index (χ0) is 34.8. The fourth-order valence-corrected chi connectivity index (χ4v) is 7.89. The van der Waals surface area contributed by atoms with Gasteiger partial charge in [-0.2, -0.15) is 0 Å². The molecule has 0 saturated heterocycles. The van der Waals surface area contributed by atoms with Crippen molar-refractivity contribution in [3.05, 3.63) is 175 Å². The molecule has 10 rings (SSSR count). The maximum Gasteiger partial charge on any atom is 0.164 e. The van der Waals surface area contributed by atoms with E-state index in [-0.39, 0.29) is 5.41 Å². The van der Waals surface area contributed by atoms with Gasteiger partial charge in [0.05, 0.1) is 0 Å². The number of hydrogen-bond donors (Lipinski definition) is 0. The zero-order valence-corrected chi connectivity index (χ0v) is 28.8. The van der Waals surface area contributed by atoms with Gasteiger partial charge in [0.15, 0.2) is 17.5 Å². The minimum atomic E-state index is -0.0127. The van der Waals surface area contributed by atoms with Crippen LogP contribution in [0.4, 0.5) is 0 Å². The second-order valence-electron chi connectivity index (χ2n) is 14.0. The molecule has 0 saturated carbocycles. The molecule has 0 N–H and O–H groups in total. The molecule has 4 heteroatoms. The van der Waals surface area contributed by atoms with Crippen LogP contribution in [0.2, 0.25) is 0 Å². The largest absolute Gasteiger partial charge is 0.456 e. The van der Waals surface area contributed by atoms with Crippen LogP contribution in [0.5, 0.6) is 0 Å². The van der Waals surface area contributed by atoms with Gasteiger partial charge < -0.3 is 4.42 Å². The first kappa shape index (κ1) is 30.2. The van der Waals surface area contributed by atoms with Crippen molar-refractivity contribution >= 4 is 21.9 Å². The minimum absolute atomic E-state index is 0.0127. The highest BCUT2D eigenvalue weighted by atomic mass is 16.3. The molecule has 2 heterocycles. The lowest BCUT2D eigenvalue weighted by Crippen LogP contribution is -2.14. The summed E-state index contributed by atoms with van der Waals surface area (Å²) in [6.07, 6.45) is 0. The molecule has 9 aromatic rings. The minimum Gasteiger partial charge on any atom is -0.456 e. The average Bonchev–Trinajstić information content (AvgIpc) is 3.70. The number of rotatable bonds is 5. The summed E-state index contributed by atoms with van der Waals surface area (Å²) < 4.78 is 6.45. The first-order valence-corrected chi connectivity index (χ1v) is 17.7. The lowest BCUT2D eigenvalue weighted by atomic mass is 9.82. The molecule has 0 bridgehead atoms. The van der Waals surface area contributed by atoms with E-state index in [9.17, 15) is 0 Å². The molecule has 0 fully saturated rings. The van der Waals surface area contributed by atoms with E-state index in [4.69, 9.17) is 19.4 Å². The van der Waals surface area contributed by atoms with E-state index in [2.05, 4.69) is 123 Å². The quantitative estimate of drug-likeness (QED) is 0.183. The Labute approximate surface area is 302 Å². The van der Waals surface area contributed by atoms with E-state index in [0.29, 0.717) is 17.5 Å². The van der Waals surface area contributed by atoms with Crippen LogP contribution >= 0.6 is 0 Å². The SMILES string of the molecule is CC1(C)c2ccccc2-c2cc(-c3ccc(-c4nc(-c5ccccc5)nc(-c5ccc6c(c5)oc5cccc(-c7ccccc7)c56)n4)cc3)ccc21. The molecule has 1 aliphatic rings.